The molecule has 6 aromatic carbocycles. The molecule has 0 spiro atoms. The largest absolute Gasteiger partial charge is 0.340 e. The fraction of sp³-hybridized carbons (Fsp3) is 0.0909. The van der Waals surface area contributed by atoms with Gasteiger partial charge in [-0.1, -0.05) is 153 Å². The summed E-state index contributed by atoms with van der Waals surface area (Å²) in [4.78, 5) is 2.32. The van der Waals surface area contributed by atoms with Crippen LogP contribution >= 0.6 is 0 Å². The van der Waals surface area contributed by atoms with E-state index in [1.807, 2.05) is 0 Å². The molecule has 0 amide bonds. The molecular formula is C44H38N2. The second kappa shape index (κ2) is 13.6. The third-order valence-electron chi connectivity index (χ3n) is 8.66. The monoisotopic (exact) mass is 594 g/mol. The summed E-state index contributed by atoms with van der Waals surface area (Å²) in [7, 11) is 0. The highest BCUT2D eigenvalue weighted by Gasteiger charge is 2.15. The summed E-state index contributed by atoms with van der Waals surface area (Å²) in [5.74, 6) is 0. The zero-order chi connectivity index (χ0) is 31.1. The molecule has 46 heavy (non-hydrogen) atoms. The summed E-state index contributed by atoms with van der Waals surface area (Å²) < 4.78 is 2.49. The first-order valence-corrected chi connectivity index (χ1v) is 16.2. The Morgan fingerprint density at radius 3 is 1.41 bits per heavy atom. The van der Waals surface area contributed by atoms with Gasteiger partial charge < -0.3 is 9.47 Å². The molecule has 0 aliphatic heterocycles. The first-order valence-electron chi connectivity index (χ1n) is 16.2. The fourth-order valence-electron chi connectivity index (χ4n) is 6.33. The van der Waals surface area contributed by atoms with Gasteiger partial charge in [-0.25, -0.2) is 0 Å². The van der Waals surface area contributed by atoms with Crippen LogP contribution in [0.2, 0.25) is 0 Å². The van der Waals surface area contributed by atoms with Crippen LogP contribution in [0.15, 0.2) is 176 Å². The van der Waals surface area contributed by atoms with Crippen LogP contribution in [0.3, 0.4) is 0 Å². The van der Waals surface area contributed by atoms with Gasteiger partial charge in [-0.15, -0.1) is 0 Å². The van der Waals surface area contributed by atoms with Crippen molar-refractivity contribution in [1.82, 2.24) is 4.57 Å². The highest BCUT2D eigenvalue weighted by Crippen LogP contribution is 2.35. The Hall–Kier alpha value is -5.60. The van der Waals surface area contributed by atoms with Gasteiger partial charge in [-0.3, -0.25) is 0 Å². The number of aromatic nitrogens is 1. The van der Waals surface area contributed by atoms with Gasteiger partial charge in [0, 0.05) is 57.6 Å². The zero-order valence-corrected chi connectivity index (χ0v) is 26.3. The van der Waals surface area contributed by atoms with Crippen LogP contribution in [-0.4, -0.2) is 4.57 Å². The molecule has 7 rings (SSSR count). The van der Waals surface area contributed by atoms with Gasteiger partial charge in [0.05, 0.1) is 0 Å². The van der Waals surface area contributed by atoms with Crippen molar-refractivity contribution in [2.45, 2.75) is 26.3 Å². The zero-order valence-electron chi connectivity index (χ0n) is 26.3. The molecule has 2 nitrogen and oxygen atoms in total. The molecular weight excluding hydrogens is 556 g/mol. The van der Waals surface area contributed by atoms with Gasteiger partial charge in [0.25, 0.3) is 0 Å². The second-order valence-electron chi connectivity index (χ2n) is 11.7. The summed E-state index contributed by atoms with van der Waals surface area (Å²) in [6.45, 7) is 3.28. The lowest BCUT2D eigenvalue weighted by atomic mass is 9.97. The van der Waals surface area contributed by atoms with Crippen LogP contribution in [0, 0.1) is 0 Å². The summed E-state index contributed by atoms with van der Waals surface area (Å²) in [5.41, 5.74) is 10.7. The molecule has 1 aromatic heterocycles. The van der Waals surface area contributed by atoms with E-state index < -0.39 is 0 Å². The van der Waals surface area contributed by atoms with Crippen molar-refractivity contribution in [3.8, 4) is 0 Å². The highest BCUT2D eigenvalue weighted by atomic mass is 15.1. The van der Waals surface area contributed by atoms with Gasteiger partial charge in [0.15, 0.2) is 0 Å². The molecule has 0 fully saturated rings. The maximum atomic E-state index is 2.49. The minimum Gasteiger partial charge on any atom is -0.340 e. The first kappa shape index (κ1) is 29.1. The van der Waals surface area contributed by atoms with Crippen LogP contribution in [0.4, 0.5) is 5.69 Å². The van der Waals surface area contributed by atoms with E-state index in [0.29, 0.717) is 0 Å². The van der Waals surface area contributed by atoms with E-state index >= 15 is 0 Å². The highest BCUT2D eigenvalue weighted by molar-refractivity contribution is 6.09. The number of nitrogens with zero attached hydrogens (tertiary/aromatic N) is 2. The van der Waals surface area contributed by atoms with E-state index in [0.717, 1.165) is 29.8 Å². The second-order valence-corrected chi connectivity index (χ2v) is 11.7. The molecule has 7 aromatic rings. The summed E-state index contributed by atoms with van der Waals surface area (Å²) in [5, 5.41) is 2.57. The molecule has 0 saturated carbocycles. The number of hydrogen-bond acceptors (Lipinski definition) is 1. The van der Waals surface area contributed by atoms with Crippen molar-refractivity contribution in [2.75, 3.05) is 4.90 Å². The molecule has 224 valence electrons. The Balaban J connectivity index is 1.49. The Labute approximate surface area is 272 Å². The number of fused-ring (bicyclic) bond motifs is 3. The summed E-state index contributed by atoms with van der Waals surface area (Å²) in [6, 6.07) is 58.6. The predicted octanol–water partition coefficient (Wildman–Crippen LogP) is 11.6. The lowest BCUT2D eigenvalue weighted by Gasteiger charge is -2.22. The molecule has 2 heteroatoms. The van der Waals surface area contributed by atoms with Crippen LogP contribution in [0.5, 0.6) is 0 Å². The maximum Gasteiger partial charge on any atom is 0.0492 e. The number of unbranched alkanes of at least 4 members (excludes halogenated alkanes) is 1. The first-order chi connectivity index (χ1) is 22.8. The third kappa shape index (κ3) is 6.03. The van der Waals surface area contributed by atoms with Crippen LogP contribution in [-0.2, 0) is 6.54 Å². The molecule has 0 N–H and O–H groups in total. The van der Waals surface area contributed by atoms with Crippen LogP contribution in [0.25, 0.3) is 33.0 Å². The smallest absolute Gasteiger partial charge is 0.0492 e. The van der Waals surface area contributed by atoms with E-state index in [9.17, 15) is 0 Å². The SMILES string of the molecule is CCCCn1c2ccccc2c2cc(N(C=C(c3ccccc3)c3ccccc3)C=C(c3ccccc3)c3ccccc3)ccc21. The number of benzene rings is 6. The Kier molecular flexibility index (Phi) is 8.60. The van der Waals surface area contributed by atoms with Gasteiger partial charge in [-0.05, 0) is 52.9 Å². The molecule has 0 unspecified atom stereocenters. The van der Waals surface area contributed by atoms with E-state index in [2.05, 4.69) is 193 Å². The standard InChI is InChI=1S/C44H38N2/c1-2-3-30-46-43-27-17-16-26-39(43)40-31-38(28-29-44(40)46)45(32-41(34-18-8-4-9-19-34)35-20-10-5-11-21-35)33-42(36-22-12-6-13-23-36)37-24-14-7-15-25-37/h4-29,31-33H,2-3,30H2,1H3. The van der Waals surface area contributed by atoms with Crippen molar-refractivity contribution >= 4 is 38.6 Å². The van der Waals surface area contributed by atoms with Crippen molar-refractivity contribution in [1.29, 1.82) is 0 Å². The number of hydrogen-bond donors (Lipinski definition) is 0. The van der Waals surface area contributed by atoms with Crippen molar-refractivity contribution in [3.05, 3.63) is 198 Å². The lowest BCUT2D eigenvalue weighted by molar-refractivity contribution is 0.665. The topological polar surface area (TPSA) is 8.17 Å². The van der Waals surface area contributed by atoms with Gasteiger partial charge in [-0.2, -0.15) is 0 Å². The number of rotatable bonds is 10. The molecule has 0 saturated heterocycles. The predicted molar refractivity (Wildman–Crippen MR) is 197 cm³/mol. The molecule has 0 atom stereocenters. The van der Waals surface area contributed by atoms with Gasteiger partial charge >= 0.3 is 0 Å². The van der Waals surface area contributed by atoms with E-state index in [-0.39, 0.29) is 0 Å². The minimum atomic E-state index is 1.02. The quantitative estimate of drug-likeness (QED) is 0.153. The van der Waals surface area contributed by atoms with Crippen molar-refractivity contribution in [3.63, 3.8) is 0 Å². The van der Waals surface area contributed by atoms with Crippen molar-refractivity contribution in [2.24, 2.45) is 0 Å². The summed E-state index contributed by atoms with van der Waals surface area (Å²) >= 11 is 0. The Morgan fingerprint density at radius 2 is 0.935 bits per heavy atom. The molecule has 1 heterocycles. The van der Waals surface area contributed by atoms with E-state index in [1.54, 1.807) is 0 Å². The van der Waals surface area contributed by atoms with Crippen LogP contribution in [0.1, 0.15) is 42.0 Å². The Bertz CT molecular complexity index is 1930. The van der Waals surface area contributed by atoms with E-state index in [1.165, 1.54) is 50.5 Å². The van der Waals surface area contributed by atoms with E-state index in [4.69, 9.17) is 0 Å². The number of para-hydroxylation sites is 1. The fourth-order valence-corrected chi connectivity index (χ4v) is 6.33. The average Bonchev–Trinajstić information content (AvgIpc) is 3.45. The molecule has 0 radical (unpaired) electrons. The Morgan fingerprint density at radius 1 is 0.500 bits per heavy atom. The molecule has 0 aliphatic rings. The average molecular weight is 595 g/mol. The normalized spacial score (nSPS) is 11.0. The van der Waals surface area contributed by atoms with Gasteiger partial charge in [0.2, 0.25) is 0 Å². The van der Waals surface area contributed by atoms with Crippen LogP contribution < -0.4 is 4.90 Å². The third-order valence-corrected chi connectivity index (χ3v) is 8.66. The number of aryl methyl sites for hydroxylation is 1. The lowest BCUT2D eigenvalue weighted by Crippen LogP contribution is -2.11. The molecule has 0 aliphatic carbocycles. The van der Waals surface area contributed by atoms with Gasteiger partial charge in [0.1, 0.15) is 0 Å². The minimum absolute atomic E-state index is 1.02. The molecule has 0 bridgehead atoms. The number of anilines is 1. The summed E-state index contributed by atoms with van der Waals surface area (Å²) in [6.07, 6.45) is 6.92. The van der Waals surface area contributed by atoms with Crippen molar-refractivity contribution < 1.29 is 0 Å². The maximum absolute atomic E-state index is 2.49.